The van der Waals surface area contributed by atoms with Gasteiger partial charge in [-0.2, -0.15) is 5.26 Å². The van der Waals surface area contributed by atoms with Crippen molar-refractivity contribution in [1.29, 1.82) is 5.26 Å². The molecule has 31 heavy (non-hydrogen) atoms. The number of nitrogens with zero attached hydrogens (tertiary/aromatic N) is 3. The van der Waals surface area contributed by atoms with E-state index in [9.17, 15) is 10.0 Å². The molecule has 1 amide bonds. The number of amides is 1. The number of hydrogen-bond donors (Lipinski definition) is 1. The monoisotopic (exact) mass is 434 g/mol. The normalized spacial score (nSPS) is 11.0. The van der Waals surface area contributed by atoms with Crippen LogP contribution in [-0.2, 0) is 14.2 Å². The van der Waals surface area contributed by atoms with E-state index < -0.39 is 11.7 Å². The number of rotatable bonds is 11. The number of benzene rings is 1. The molecule has 1 heterocycles. The van der Waals surface area contributed by atoms with E-state index in [2.05, 4.69) is 15.1 Å². The molecule has 0 radical (unpaired) electrons. The van der Waals surface area contributed by atoms with Crippen molar-refractivity contribution in [2.24, 2.45) is 0 Å². The van der Waals surface area contributed by atoms with Crippen LogP contribution in [0.2, 0.25) is 0 Å². The average Bonchev–Trinajstić information content (AvgIpc) is 3.09. The smallest absolute Gasteiger partial charge is 0.407 e. The summed E-state index contributed by atoms with van der Waals surface area (Å²) in [4.78, 5) is 11.5. The Labute approximate surface area is 180 Å². The predicted octanol–water partition coefficient (Wildman–Crippen LogP) is 1.78. The van der Waals surface area contributed by atoms with Gasteiger partial charge in [-0.15, -0.1) is 0 Å². The van der Waals surface area contributed by atoms with Crippen molar-refractivity contribution in [3.8, 4) is 23.1 Å². The van der Waals surface area contributed by atoms with Crippen LogP contribution >= 0.6 is 0 Å². The van der Waals surface area contributed by atoms with Gasteiger partial charge in [-0.1, -0.05) is 0 Å². The summed E-state index contributed by atoms with van der Waals surface area (Å²) in [5.41, 5.74) is 0.0113. The molecule has 0 aliphatic rings. The van der Waals surface area contributed by atoms with Crippen molar-refractivity contribution >= 4 is 6.09 Å². The Morgan fingerprint density at radius 1 is 1.16 bits per heavy atom. The van der Waals surface area contributed by atoms with Crippen molar-refractivity contribution in [1.82, 2.24) is 10.5 Å². The highest BCUT2D eigenvalue weighted by atomic mass is 16.8. The molecule has 0 bridgehead atoms. The lowest BCUT2D eigenvalue weighted by Gasteiger charge is -2.19. The molecule has 0 aliphatic carbocycles. The summed E-state index contributed by atoms with van der Waals surface area (Å²) in [6.45, 7) is 7.61. The lowest BCUT2D eigenvalue weighted by molar-refractivity contribution is -0.804. The van der Waals surface area contributed by atoms with Gasteiger partial charge in [0.2, 0.25) is 0 Å². The Kier molecular flexibility index (Phi) is 9.05. The first-order valence-electron chi connectivity index (χ1n) is 9.65. The van der Waals surface area contributed by atoms with Gasteiger partial charge in [0.1, 0.15) is 18.0 Å². The molecule has 11 heteroatoms. The van der Waals surface area contributed by atoms with Crippen LogP contribution in [0.5, 0.6) is 5.75 Å². The second-order valence-corrected chi connectivity index (χ2v) is 7.27. The first kappa shape index (κ1) is 23.9. The molecule has 0 saturated heterocycles. The predicted molar refractivity (Wildman–Crippen MR) is 107 cm³/mol. The number of hydrogen-bond acceptors (Lipinski definition) is 9. The van der Waals surface area contributed by atoms with Crippen LogP contribution < -0.4 is 15.0 Å². The highest BCUT2D eigenvalue weighted by Crippen LogP contribution is 2.22. The standard InChI is InChI=1S/C20H26N4O7/c1-20(2,3)30-19(25)22-8-9-27-10-11-28-12-13-29-16-6-4-15(5-7-16)18-17(14-21)24(26)31-23-18/h4-7H,8-13H2,1-3H3,(H,22,25). The third-order valence-electron chi connectivity index (χ3n) is 3.63. The van der Waals surface area contributed by atoms with Gasteiger partial charge in [-0.05, 0) is 49.9 Å². The molecule has 11 nitrogen and oxygen atoms in total. The molecule has 0 saturated carbocycles. The molecular weight excluding hydrogens is 408 g/mol. The fraction of sp³-hybridized carbons (Fsp3) is 0.500. The van der Waals surface area contributed by atoms with E-state index in [0.717, 1.165) is 0 Å². The maximum Gasteiger partial charge on any atom is 0.407 e. The van der Waals surface area contributed by atoms with Crippen LogP contribution in [0.3, 0.4) is 0 Å². The van der Waals surface area contributed by atoms with Crippen molar-refractivity contribution in [2.45, 2.75) is 26.4 Å². The van der Waals surface area contributed by atoms with Gasteiger partial charge in [0.05, 0.1) is 26.4 Å². The molecule has 168 valence electrons. The first-order valence-corrected chi connectivity index (χ1v) is 9.65. The van der Waals surface area contributed by atoms with Crippen molar-refractivity contribution in [2.75, 3.05) is 39.6 Å². The fourth-order valence-electron chi connectivity index (χ4n) is 2.32. The quantitative estimate of drug-likeness (QED) is 0.413. The topological polar surface area (TPSA) is 143 Å². The van der Waals surface area contributed by atoms with E-state index >= 15 is 0 Å². The number of alkyl carbamates (subject to hydrolysis) is 1. The van der Waals surface area contributed by atoms with E-state index in [-0.39, 0.29) is 16.3 Å². The summed E-state index contributed by atoms with van der Waals surface area (Å²) >= 11 is 0. The molecule has 0 aliphatic heterocycles. The zero-order chi connectivity index (χ0) is 22.7. The van der Waals surface area contributed by atoms with E-state index in [1.165, 1.54) is 0 Å². The maximum absolute atomic E-state index is 11.4. The Balaban J connectivity index is 1.53. The number of nitriles is 1. The van der Waals surface area contributed by atoms with E-state index in [4.69, 9.17) is 24.2 Å². The lowest BCUT2D eigenvalue weighted by Crippen LogP contribution is -2.34. The van der Waals surface area contributed by atoms with Crippen LogP contribution in [0.15, 0.2) is 28.9 Å². The zero-order valence-corrected chi connectivity index (χ0v) is 17.8. The van der Waals surface area contributed by atoms with Crippen LogP contribution in [0.1, 0.15) is 26.5 Å². The van der Waals surface area contributed by atoms with Crippen molar-refractivity contribution in [3.05, 3.63) is 35.2 Å². The minimum Gasteiger partial charge on any atom is -0.491 e. The summed E-state index contributed by atoms with van der Waals surface area (Å²) in [6.07, 6.45) is -0.474. The molecule has 0 unspecified atom stereocenters. The van der Waals surface area contributed by atoms with E-state index in [1.807, 2.05) is 0 Å². The van der Waals surface area contributed by atoms with Gasteiger partial charge < -0.3 is 29.5 Å². The summed E-state index contributed by atoms with van der Waals surface area (Å²) in [6, 6.07) is 8.49. The van der Waals surface area contributed by atoms with Crippen molar-refractivity contribution < 1.29 is 33.3 Å². The fourth-order valence-corrected chi connectivity index (χ4v) is 2.32. The Morgan fingerprint density at radius 3 is 2.45 bits per heavy atom. The minimum absolute atomic E-state index is 0.0678. The van der Waals surface area contributed by atoms with Gasteiger partial charge in [-0.3, -0.25) is 4.63 Å². The van der Waals surface area contributed by atoms with Gasteiger partial charge in [0.25, 0.3) is 5.69 Å². The summed E-state index contributed by atoms with van der Waals surface area (Å²) in [5.74, 6) is 0.605. The third kappa shape index (κ3) is 8.49. The molecule has 0 fully saturated rings. The van der Waals surface area contributed by atoms with Crippen LogP contribution in [-0.4, -0.2) is 56.4 Å². The lowest BCUT2D eigenvalue weighted by atomic mass is 10.1. The number of carbonyl (C=O) groups is 1. The number of nitrogens with one attached hydrogen (secondary N) is 1. The van der Waals surface area contributed by atoms with Gasteiger partial charge in [0, 0.05) is 17.3 Å². The summed E-state index contributed by atoms with van der Waals surface area (Å²) in [5, 5.41) is 26.4. The molecule has 1 N–H and O–H groups in total. The van der Waals surface area contributed by atoms with Gasteiger partial charge in [0.15, 0.2) is 6.07 Å². The Bertz CT molecular complexity index is 869. The summed E-state index contributed by atoms with van der Waals surface area (Å²) < 4.78 is 25.9. The highest BCUT2D eigenvalue weighted by Gasteiger charge is 2.20. The molecule has 0 atom stereocenters. The van der Waals surface area contributed by atoms with Crippen LogP contribution in [0.4, 0.5) is 4.79 Å². The molecule has 2 rings (SSSR count). The van der Waals surface area contributed by atoms with E-state index in [0.29, 0.717) is 50.9 Å². The second kappa shape index (κ2) is 11.7. The highest BCUT2D eigenvalue weighted by molar-refractivity contribution is 5.67. The summed E-state index contributed by atoms with van der Waals surface area (Å²) in [7, 11) is 0. The molecule has 0 spiro atoms. The minimum atomic E-state index is -0.526. The number of carbonyl (C=O) groups excluding carboxylic acids is 1. The largest absolute Gasteiger partial charge is 0.491 e. The molecule has 1 aromatic heterocycles. The SMILES string of the molecule is CC(C)(C)OC(=O)NCCOCCOCCOc1ccc(-c2no[n+]([O-])c2C#N)cc1. The van der Waals surface area contributed by atoms with Crippen LogP contribution in [0.25, 0.3) is 11.3 Å². The molecular formula is C20H26N4O7. The Morgan fingerprint density at radius 2 is 1.81 bits per heavy atom. The van der Waals surface area contributed by atoms with Crippen molar-refractivity contribution in [3.63, 3.8) is 0 Å². The second-order valence-electron chi connectivity index (χ2n) is 7.27. The molecule has 2 aromatic rings. The zero-order valence-electron chi connectivity index (χ0n) is 17.8. The molecule has 1 aromatic carbocycles. The Hall–Kier alpha value is -3.36. The number of ether oxygens (including phenoxy) is 4. The third-order valence-corrected chi connectivity index (χ3v) is 3.63. The van der Waals surface area contributed by atoms with E-state index in [1.54, 1.807) is 51.1 Å². The maximum atomic E-state index is 11.4. The van der Waals surface area contributed by atoms with Gasteiger partial charge in [-0.25, -0.2) is 4.79 Å². The average molecular weight is 434 g/mol. The van der Waals surface area contributed by atoms with Crippen LogP contribution in [0, 0.1) is 16.5 Å². The first-order chi connectivity index (χ1) is 14.8. The number of aromatic nitrogens is 2. The van der Waals surface area contributed by atoms with Gasteiger partial charge >= 0.3 is 11.8 Å².